The number of aromatic nitrogens is 1. The van der Waals surface area contributed by atoms with Crippen LogP contribution in [0, 0.1) is 12.3 Å². The molecule has 1 aromatic heterocycles. The van der Waals surface area contributed by atoms with Gasteiger partial charge in [-0.25, -0.2) is 4.79 Å². The first-order valence-electron chi connectivity index (χ1n) is 9.70. The molecule has 2 N–H and O–H groups in total. The van der Waals surface area contributed by atoms with Crippen molar-refractivity contribution in [1.82, 2.24) is 20.1 Å². The summed E-state index contributed by atoms with van der Waals surface area (Å²) in [6.07, 6.45) is 11.0. The van der Waals surface area contributed by atoms with Crippen LogP contribution in [0.25, 0.3) is 16.5 Å². The van der Waals surface area contributed by atoms with Crippen LogP contribution in [0.15, 0.2) is 30.5 Å². The van der Waals surface area contributed by atoms with E-state index in [1.165, 1.54) is 27.6 Å². The first-order chi connectivity index (χ1) is 13.2. The molecular formula is C22H26N4O. The monoisotopic (exact) mass is 362 g/mol. The lowest BCUT2D eigenvalue weighted by Gasteiger charge is -2.41. The van der Waals surface area contributed by atoms with Gasteiger partial charge in [-0.05, 0) is 43.0 Å². The van der Waals surface area contributed by atoms with Crippen LogP contribution < -0.4 is 5.32 Å². The van der Waals surface area contributed by atoms with Gasteiger partial charge in [0.05, 0.1) is 12.6 Å². The zero-order valence-electron chi connectivity index (χ0n) is 16.0. The maximum Gasteiger partial charge on any atom is 0.317 e. The summed E-state index contributed by atoms with van der Waals surface area (Å²) in [5, 5.41) is 4.49. The molecule has 1 aromatic carbocycles. The lowest BCUT2D eigenvalue weighted by Crippen LogP contribution is -2.54. The van der Waals surface area contributed by atoms with Gasteiger partial charge in [0.2, 0.25) is 0 Å². The highest BCUT2D eigenvalue weighted by atomic mass is 16.2. The Morgan fingerprint density at radius 3 is 2.96 bits per heavy atom. The molecule has 0 bridgehead atoms. The number of terminal acetylenes is 1. The van der Waals surface area contributed by atoms with Crippen LogP contribution in [0.2, 0.25) is 0 Å². The number of H-pyrrole nitrogens is 1. The second kappa shape index (κ2) is 7.13. The Morgan fingerprint density at radius 2 is 2.22 bits per heavy atom. The van der Waals surface area contributed by atoms with Crippen molar-refractivity contribution in [3.63, 3.8) is 0 Å². The molecule has 140 valence electrons. The molecule has 2 atom stereocenters. The van der Waals surface area contributed by atoms with Gasteiger partial charge in [-0.2, -0.15) is 0 Å². The third kappa shape index (κ3) is 3.00. The van der Waals surface area contributed by atoms with E-state index in [-0.39, 0.29) is 18.1 Å². The molecule has 2 amide bonds. The number of carbonyl (C=O) groups is 1. The Hall–Kier alpha value is -2.71. The van der Waals surface area contributed by atoms with Gasteiger partial charge in [0.25, 0.3) is 0 Å². The van der Waals surface area contributed by atoms with Crippen LogP contribution >= 0.6 is 0 Å². The molecule has 0 radical (unpaired) electrons. The number of carbonyl (C=O) groups excluding carboxylic acids is 1. The Balaban J connectivity index is 1.72. The maximum atomic E-state index is 12.6. The average Bonchev–Trinajstić information content (AvgIpc) is 3.08. The maximum absolute atomic E-state index is 12.6. The lowest BCUT2D eigenvalue weighted by atomic mass is 9.81. The number of fused-ring (bicyclic) bond motifs is 2. The van der Waals surface area contributed by atoms with Gasteiger partial charge in [-0.1, -0.05) is 24.1 Å². The van der Waals surface area contributed by atoms with Gasteiger partial charge in [0.1, 0.15) is 0 Å². The third-order valence-corrected chi connectivity index (χ3v) is 5.78. The first kappa shape index (κ1) is 17.7. The van der Waals surface area contributed by atoms with Crippen LogP contribution in [0.3, 0.4) is 0 Å². The van der Waals surface area contributed by atoms with Crippen LogP contribution in [-0.2, 0) is 6.42 Å². The summed E-state index contributed by atoms with van der Waals surface area (Å²) in [5.41, 5.74) is 5.04. The minimum atomic E-state index is -0.0477. The number of nitrogens with one attached hydrogen (secondary N) is 2. The van der Waals surface area contributed by atoms with E-state index in [4.69, 9.17) is 6.42 Å². The lowest BCUT2D eigenvalue weighted by molar-refractivity contribution is 0.190. The number of hydrogen-bond acceptors (Lipinski definition) is 2. The van der Waals surface area contributed by atoms with Crippen molar-refractivity contribution < 1.29 is 4.79 Å². The zero-order valence-corrected chi connectivity index (χ0v) is 16.0. The van der Waals surface area contributed by atoms with E-state index in [1.54, 1.807) is 0 Å². The standard InChI is InChI=1S/C22H26N4O/c1-4-10-26-14-16(24-22(27)25(5-2)6-3)12-18-17-8-7-9-19-21(17)15(13-23-19)11-20(18)26/h1,7-9,12-13,16,20,23H,5-6,10-11,14H2,2-3H3,(H,24,27)/t16-,20-/m1/s1. The van der Waals surface area contributed by atoms with Crippen molar-refractivity contribution in [2.45, 2.75) is 32.4 Å². The Labute approximate surface area is 160 Å². The summed E-state index contributed by atoms with van der Waals surface area (Å²) < 4.78 is 0. The highest BCUT2D eigenvalue weighted by Gasteiger charge is 2.35. The highest BCUT2D eigenvalue weighted by molar-refractivity contribution is 5.98. The van der Waals surface area contributed by atoms with E-state index in [1.807, 2.05) is 18.7 Å². The van der Waals surface area contributed by atoms with Gasteiger partial charge in [-0.15, -0.1) is 6.42 Å². The van der Waals surface area contributed by atoms with Gasteiger partial charge in [0.15, 0.2) is 0 Å². The van der Waals surface area contributed by atoms with Gasteiger partial charge >= 0.3 is 6.03 Å². The summed E-state index contributed by atoms with van der Waals surface area (Å²) >= 11 is 0. The number of amides is 2. The predicted octanol–water partition coefficient (Wildman–Crippen LogP) is 2.84. The van der Waals surface area contributed by atoms with Gasteiger partial charge in [0, 0.05) is 42.8 Å². The summed E-state index contributed by atoms with van der Waals surface area (Å²) in [6, 6.07) is 6.58. The molecule has 2 aromatic rings. The number of urea groups is 1. The van der Waals surface area contributed by atoms with Crippen molar-refractivity contribution >= 4 is 22.5 Å². The van der Waals surface area contributed by atoms with E-state index >= 15 is 0 Å². The SMILES string of the molecule is C#CCN1C[C@H](NC(=O)N(CC)CC)C=C2c3cccc4[nH]cc(c34)C[C@H]21. The predicted molar refractivity (Wildman–Crippen MR) is 109 cm³/mol. The fourth-order valence-electron chi connectivity index (χ4n) is 4.47. The normalized spacial score (nSPS) is 21.3. The number of hydrogen-bond donors (Lipinski definition) is 2. The summed E-state index contributed by atoms with van der Waals surface area (Å²) in [7, 11) is 0. The quantitative estimate of drug-likeness (QED) is 0.822. The highest BCUT2D eigenvalue weighted by Crippen LogP contribution is 2.40. The van der Waals surface area contributed by atoms with E-state index < -0.39 is 0 Å². The smallest absolute Gasteiger partial charge is 0.317 e. The minimum absolute atomic E-state index is 0.0164. The van der Waals surface area contributed by atoms with Crippen LogP contribution in [0.1, 0.15) is 25.0 Å². The molecule has 0 unspecified atom stereocenters. The molecule has 1 aliphatic carbocycles. The zero-order chi connectivity index (χ0) is 19.0. The van der Waals surface area contributed by atoms with E-state index in [0.29, 0.717) is 19.6 Å². The molecule has 0 fully saturated rings. The molecule has 27 heavy (non-hydrogen) atoms. The topological polar surface area (TPSA) is 51.4 Å². The van der Waals surface area contributed by atoms with Crippen molar-refractivity contribution in [3.05, 3.63) is 41.6 Å². The van der Waals surface area contributed by atoms with E-state index in [0.717, 1.165) is 13.0 Å². The molecule has 4 rings (SSSR count). The van der Waals surface area contributed by atoms with Gasteiger partial charge in [-0.3, -0.25) is 4.90 Å². The molecule has 0 spiro atoms. The molecule has 1 aliphatic heterocycles. The average molecular weight is 362 g/mol. The summed E-state index contributed by atoms with van der Waals surface area (Å²) in [6.45, 7) is 6.72. The fourth-order valence-corrected chi connectivity index (χ4v) is 4.47. The molecule has 2 aliphatic rings. The van der Waals surface area contributed by atoms with Crippen molar-refractivity contribution in [3.8, 4) is 12.3 Å². The fraction of sp³-hybridized carbons (Fsp3) is 0.409. The number of aromatic amines is 1. The molecule has 2 heterocycles. The molecule has 5 nitrogen and oxygen atoms in total. The van der Waals surface area contributed by atoms with Crippen LogP contribution in [0.5, 0.6) is 0 Å². The van der Waals surface area contributed by atoms with Crippen LogP contribution in [-0.4, -0.2) is 59.1 Å². The largest absolute Gasteiger partial charge is 0.361 e. The molecular weight excluding hydrogens is 336 g/mol. The summed E-state index contributed by atoms with van der Waals surface area (Å²) in [5.74, 6) is 2.80. The minimum Gasteiger partial charge on any atom is -0.361 e. The first-order valence-corrected chi connectivity index (χ1v) is 9.70. The number of benzene rings is 1. The number of nitrogens with zero attached hydrogens (tertiary/aromatic N) is 2. The second-order valence-corrected chi connectivity index (χ2v) is 7.25. The van der Waals surface area contributed by atoms with Crippen molar-refractivity contribution in [2.24, 2.45) is 0 Å². The molecule has 0 saturated carbocycles. The summed E-state index contributed by atoms with van der Waals surface area (Å²) in [4.78, 5) is 20.1. The van der Waals surface area contributed by atoms with E-state index in [2.05, 4.69) is 51.6 Å². The number of rotatable bonds is 4. The van der Waals surface area contributed by atoms with Crippen LogP contribution in [0.4, 0.5) is 4.79 Å². The third-order valence-electron chi connectivity index (χ3n) is 5.78. The molecule has 0 saturated heterocycles. The molecule has 5 heteroatoms. The van der Waals surface area contributed by atoms with Crippen molar-refractivity contribution in [1.29, 1.82) is 0 Å². The van der Waals surface area contributed by atoms with Crippen molar-refractivity contribution in [2.75, 3.05) is 26.2 Å². The van der Waals surface area contributed by atoms with Gasteiger partial charge < -0.3 is 15.2 Å². The van der Waals surface area contributed by atoms with E-state index in [9.17, 15) is 4.79 Å². The Bertz CT molecular complexity index is 931. The Kier molecular flexibility index (Phi) is 4.67. The Morgan fingerprint density at radius 1 is 1.41 bits per heavy atom. The second-order valence-electron chi connectivity index (χ2n) is 7.25.